The monoisotopic (exact) mass is 485 g/mol. The molecule has 2 aliphatic rings. The SMILES string of the molecule is C.CCN1C=CN(C)C1.CCN1C=CN(C)C1.N#CB(F)C#N.[CH3-].[Cl-].[Cl-].[K+].[K+]. The van der Waals surface area contributed by atoms with Crippen LogP contribution in [-0.2, 0) is 0 Å². The molecular weight excluding hydrogens is 455 g/mol. The first-order chi connectivity index (χ1) is 10.5. The number of nitrogens with zero attached hydrogens (tertiary/aromatic N) is 6. The van der Waals surface area contributed by atoms with E-state index in [0.717, 1.165) is 38.4 Å². The fourth-order valence-corrected chi connectivity index (χ4v) is 1.62. The second-order valence-corrected chi connectivity index (χ2v) is 4.82. The van der Waals surface area contributed by atoms with Gasteiger partial charge in [0.05, 0.1) is 25.3 Å². The molecule has 0 fully saturated rings. The Balaban J connectivity index is -0.0000000431. The van der Waals surface area contributed by atoms with Gasteiger partial charge in [-0.15, -0.1) is 0 Å². The molecular formula is C16H31BCl2FK2N6-. The van der Waals surface area contributed by atoms with E-state index in [-0.39, 0.29) is 142 Å². The number of halogens is 3. The molecule has 12 heteroatoms. The molecule has 0 aromatic rings. The summed E-state index contributed by atoms with van der Waals surface area (Å²) in [5, 5.41) is 15.0. The van der Waals surface area contributed by atoms with Crippen LogP contribution in [0.1, 0.15) is 21.3 Å². The summed E-state index contributed by atoms with van der Waals surface area (Å²) in [6.45, 7) is 6.69. The Morgan fingerprint density at radius 2 is 1.14 bits per heavy atom. The van der Waals surface area contributed by atoms with Crippen LogP contribution in [0.25, 0.3) is 0 Å². The zero-order valence-electron chi connectivity index (χ0n) is 17.5. The molecule has 0 atom stereocenters. The average molecular weight is 486 g/mol. The minimum Gasteiger partial charge on any atom is -1.00 e. The second-order valence-electron chi connectivity index (χ2n) is 4.82. The summed E-state index contributed by atoms with van der Waals surface area (Å²) in [6, 6.07) is 0. The van der Waals surface area contributed by atoms with Crippen LogP contribution in [-0.4, -0.2) is 67.1 Å². The molecule has 152 valence electrons. The molecule has 0 aliphatic carbocycles. The molecule has 0 aromatic heterocycles. The van der Waals surface area contributed by atoms with E-state index in [1.54, 1.807) is 0 Å². The van der Waals surface area contributed by atoms with Crippen molar-refractivity contribution in [3.63, 3.8) is 0 Å². The standard InChI is InChI=1S/2C6H12N2.C2BFN2.CH4.CH3.2ClH.2K/c2*1-3-8-5-4-7(2)6-8;4-3(1-5)2-6;;;;;;/h2*4-5H,3,6H2,1-2H3;;1H4;1H3;2*1H;;/q;;;;-1;;;2*+1/p-2. The summed E-state index contributed by atoms with van der Waals surface area (Å²) in [5.74, 6) is 2.17. The molecule has 6 nitrogen and oxygen atoms in total. The Morgan fingerprint density at radius 1 is 0.857 bits per heavy atom. The normalized spacial score (nSPS) is 11.5. The maximum atomic E-state index is 11.1. The van der Waals surface area contributed by atoms with Crippen LogP contribution in [0.2, 0.25) is 0 Å². The van der Waals surface area contributed by atoms with E-state index in [4.69, 9.17) is 10.5 Å². The van der Waals surface area contributed by atoms with Crippen LogP contribution in [0, 0.1) is 29.9 Å². The van der Waals surface area contributed by atoms with E-state index in [1.807, 2.05) is 0 Å². The topological polar surface area (TPSA) is 60.5 Å². The van der Waals surface area contributed by atoms with Crippen molar-refractivity contribution >= 4 is 6.99 Å². The van der Waals surface area contributed by atoms with Gasteiger partial charge in [0.25, 0.3) is 0 Å². The number of hydrogen-bond acceptors (Lipinski definition) is 6. The summed E-state index contributed by atoms with van der Waals surface area (Å²) in [6.07, 6.45) is 8.40. The van der Waals surface area contributed by atoms with Crippen molar-refractivity contribution in [2.24, 2.45) is 0 Å². The summed E-state index contributed by atoms with van der Waals surface area (Å²) in [5.41, 5.74) is 0. The van der Waals surface area contributed by atoms with Gasteiger partial charge >= 0.3 is 110 Å². The van der Waals surface area contributed by atoms with Crippen LogP contribution in [0.4, 0.5) is 4.32 Å². The average Bonchev–Trinajstić information content (AvgIpc) is 3.15. The third-order valence-corrected chi connectivity index (χ3v) is 2.91. The first kappa shape index (κ1) is 47.3. The predicted molar refractivity (Wildman–Crippen MR) is 99.5 cm³/mol. The van der Waals surface area contributed by atoms with Crippen LogP contribution in [0.3, 0.4) is 0 Å². The van der Waals surface area contributed by atoms with E-state index in [2.05, 4.69) is 72.3 Å². The van der Waals surface area contributed by atoms with Crippen LogP contribution >= 0.6 is 0 Å². The molecule has 2 heterocycles. The van der Waals surface area contributed by atoms with E-state index < -0.39 is 6.99 Å². The summed E-state index contributed by atoms with van der Waals surface area (Å²) >= 11 is 0. The molecule has 0 aromatic carbocycles. The van der Waals surface area contributed by atoms with Crippen LogP contribution < -0.4 is 128 Å². The number of hydrogen-bond donors (Lipinski definition) is 0. The van der Waals surface area contributed by atoms with Gasteiger partial charge in [-0.25, -0.2) is 10.5 Å². The summed E-state index contributed by atoms with van der Waals surface area (Å²) in [4.78, 5) is 8.81. The smallest absolute Gasteiger partial charge is 1.00 e. The van der Waals surface area contributed by atoms with Crippen LogP contribution in [0.5, 0.6) is 0 Å². The maximum absolute atomic E-state index is 11.1. The predicted octanol–water partition coefficient (Wildman–Crippen LogP) is -9.46. The van der Waals surface area contributed by atoms with Crippen molar-refractivity contribution in [2.75, 3.05) is 40.5 Å². The van der Waals surface area contributed by atoms with E-state index in [9.17, 15) is 4.32 Å². The molecule has 2 rings (SSSR count). The zero-order chi connectivity index (χ0) is 17.0. The first-order valence-electron chi connectivity index (χ1n) is 7.15. The van der Waals surface area contributed by atoms with E-state index in [0.29, 0.717) is 0 Å². The quantitative estimate of drug-likeness (QED) is 0.286. The van der Waals surface area contributed by atoms with Gasteiger partial charge in [-0.1, -0.05) is 7.43 Å². The van der Waals surface area contributed by atoms with Crippen LogP contribution in [0.15, 0.2) is 24.8 Å². The largest absolute Gasteiger partial charge is 1.00 e. The molecule has 0 saturated heterocycles. The molecule has 2 aliphatic heterocycles. The van der Waals surface area contributed by atoms with Gasteiger partial charge in [-0.05, 0) is 13.8 Å². The summed E-state index contributed by atoms with van der Waals surface area (Å²) < 4.78 is 11.1. The maximum Gasteiger partial charge on any atom is 1.00 e. The van der Waals surface area contributed by atoms with E-state index >= 15 is 0 Å². The molecule has 0 unspecified atom stereocenters. The van der Waals surface area contributed by atoms with Crippen molar-refractivity contribution in [1.82, 2.24) is 19.6 Å². The van der Waals surface area contributed by atoms with Crippen molar-refractivity contribution < 1.29 is 132 Å². The third-order valence-electron chi connectivity index (χ3n) is 2.91. The fourth-order valence-electron chi connectivity index (χ4n) is 1.62. The van der Waals surface area contributed by atoms with Crippen molar-refractivity contribution in [3.05, 3.63) is 32.2 Å². The molecule has 0 radical (unpaired) electrons. The third kappa shape index (κ3) is 25.5. The molecule has 0 saturated carbocycles. The van der Waals surface area contributed by atoms with Gasteiger partial charge in [0.15, 0.2) is 0 Å². The van der Waals surface area contributed by atoms with Gasteiger partial charge in [0.2, 0.25) is 0 Å². The van der Waals surface area contributed by atoms with Crippen molar-refractivity contribution in [3.8, 4) is 11.9 Å². The molecule has 0 bridgehead atoms. The first-order valence-corrected chi connectivity index (χ1v) is 7.15. The fraction of sp³-hybridized carbons (Fsp3) is 0.562. The minimum atomic E-state index is -1.95. The Labute approximate surface area is 270 Å². The van der Waals surface area contributed by atoms with Crippen molar-refractivity contribution in [2.45, 2.75) is 21.3 Å². The summed E-state index contributed by atoms with van der Waals surface area (Å²) in [7, 11) is 4.15. The number of rotatable bonds is 2. The molecule has 0 amide bonds. The van der Waals surface area contributed by atoms with Gasteiger partial charge in [-0.3, -0.25) is 4.32 Å². The molecule has 28 heavy (non-hydrogen) atoms. The van der Waals surface area contributed by atoms with Gasteiger partial charge < -0.3 is 51.8 Å². The van der Waals surface area contributed by atoms with Gasteiger partial charge in [0, 0.05) is 52.0 Å². The van der Waals surface area contributed by atoms with Gasteiger partial charge in [-0.2, -0.15) is 0 Å². The second kappa shape index (κ2) is 30.7. The van der Waals surface area contributed by atoms with Gasteiger partial charge in [0.1, 0.15) is 0 Å². The molecule has 0 N–H and O–H groups in total. The Morgan fingerprint density at radius 3 is 1.21 bits per heavy atom. The van der Waals surface area contributed by atoms with Crippen molar-refractivity contribution in [1.29, 1.82) is 10.5 Å². The number of nitriles is 2. The Bertz CT molecular complexity index is 423. The Hall–Kier alpha value is 1.51. The zero-order valence-corrected chi connectivity index (χ0v) is 25.3. The van der Waals surface area contributed by atoms with E-state index in [1.165, 1.54) is 0 Å². The molecule has 0 spiro atoms. The Kier molecular flexibility index (Phi) is 51.9. The minimum absolute atomic E-state index is 0.